The van der Waals surface area contributed by atoms with Crippen LogP contribution in [0.2, 0.25) is 0 Å². The molecule has 0 radical (unpaired) electrons. The van der Waals surface area contributed by atoms with Gasteiger partial charge < -0.3 is 14.8 Å². The third kappa shape index (κ3) is 5.10. The molecule has 0 bridgehead atoms. The molecule has 0 saturated carbocycles. The van der Waals surface area contributed by atoms with Gasteiger partial charge in [-0.25, -0.2) is 0 Å². The molecule has 1 amide bonds. The Kier molecular flexibility index (Phi) is 5.85. The molecule has 3 rings (SSSR count). The van der Waals surface area contributed by atoms with E-state index in [2.05, 4.69) is 5.32 Å². The molecule has 24 heavy (non-hydrogen) atoms. The van der Waals surface area contributed by atoms with E-state index in [1.54, 1.807) is 0 Å². The topological polar surface area (TPSA) is 47.6 Å². The molecule has 0 aromatic heterocycles. The Morgan fingerprint density at radius 1 is 1.17 bits per heavy atom. The molecule has 126 valence electrons. The van der Waals surface area contributed by atoms with Crippen molar-refractivity contribution < 1.29 is 14.3 Å². The largest absolute Gasteiger partial charge is 0.491 e. The van der Waals surface area contributed by atoms with Crippen LogP contribution >= 0.6 is 0 Å². The molecule has 1 unspecified atom stereocenters. The van der Waals surface area contributed by atoms with Gasteiger partial charge in [0.2, 0.25) is 5.91 Å². The van der Waals surface area contributed by atoms with Crippen molar-refractivity contribution in [1.29, 1.82) is 0 Å². The highest BCUT2D eigenvalue weighted by atomic mass is 16.5. The second-order valence-electron chi connectivity index (χ2n) is 6.01. The van der Waals surface area contributed by atoms with Crippen molar-refractivity contribution in [2.45, 2.75) is 31.8 Å². The van der Waals surface area contributed by atoms with Crippen LogP contribution in [-0.2, 0) is 16.0 Å². The number of hydrogen-bond donors (Lipinski definition) is 1. The molecule has 4 nitrogen and oxygen atoms in total. The molecule has 0 aliphatic carbocycles. The summed E-state index contributed by atoms with van der Waals surface area (Å²) >= 11 is 0. The lowest BCUT2D eigenvalue weighted by molar-refractivity contribution is -0.116. The van der Waals surface area contributed by atoms with Crippen molar-refractivity contribution in [1.82, 2.24) is 0 Å². The van der Waals surface area contributed by atoms with Gasteiger partial charge in [0.15, 0.2) is 0 Å². The van der Waals surface area contributed by atoms with Crippen LogP contribution in [0.25, 0.3) is 0 Å². The summed E-state index contributed by atoms with van der Waals surface area (Å²) in [5, 5.41) is 2.93. The van der Waals surface area contributed by atoms with E-state index < -0.39 is 0 Å². The summed E-state index contributed by atoms with van der Waals surface area (Å²) in [4.78, 5) is 12.1. The maximum absolute atomic E-state index is 12.1. The van der Waals surface area contributed by atoms with Crippen LogP contribution in [0.1, 0.15) is 24.8 Å². The van der Waals surface area contributed by atoms with E-state index in [-0.39, 0.29) is 12.0 Å². The Bertz CT molecular complexity index is 651. The van der Waals surface area contributed by atoms with Crippen LogP contribution in [0.5, 0.6) is 5.75 Å². The quantitative estimate of drug-likeness (QED) is 0.842. The lowest BCUT2D eigenvalue weighted by Gasteiger charge is -2.12. The summed E-state index contributed by atoms with van der Waals surface area (Å²) in [6.45, 7) is 1.39. The number of hydrogen-bond acceptors (Lipinski definition) is 3. The van der Waals surface area contributed by atoms with Gasteiger partial charge in [0.05, 0.1) is 6.10 Å². The first kappa shape index (κ1) is 16.5. The second-order valence-corrected chi connectivity index (χ2v) is 6.01. The molecule has 0 spiro atoms. The second kappa shape index (κ2) is 8.50. The number of amides is 1. The maximum atomic E-state index is 12.1. The number of nitrogens with one attached hydrogen (secondary N) is 1. The standard InChI is InChI=1S/C20H23NO3/c22-20(12-11-16-6-2-1-3-7-16)21-17-8-4-9-18(14-17)24-15-19-10-5-13-23-19/h1-4,6-9,14,19H,5,10-13,15H2,(H,21,22). The van der Waals surface area contributed by atoms with Crippen LogP contribution in [0.15, 0.2) is 54.6 Å². The zero-order chi connectivity index (χ0) is 16.6. The number of carbonyl (C=O) groups is 1. The molecular weight excluding hydrogens is 302 g/mol. The van der Waals surface area contributed by atoms with Crippen molar-refractivity contribution >= 4 is 11.6 Å². The number of benzene rings is 2. The highest BCUT2D eigenvalue weighted by Gasteiger charge is 2.16. The van der Waals surface area contributed by atoms with Gasteiger partial charge in [-0.1, -0.05) is 36.4 Å². The minimum Gasteiger partial charge on any atom is -0.491 e. The summed E-state index contributed by atoms with van der Waals surface area (Å²) in [5.41, 5.74) is 1.93. The molecule has 1 aliphatic rings. The first-order valence-electron chi connectivity index (χ1n) is 8.48. The summed E-state index contributed by atoms with van der Waals surface area (Å²) in [5.74, 6) is 0.765. The molecular formula is C20H23NO3. The highest BCUT2D eigenvalue weighted by molar-refractivity contribution is 5.91. The third-order valence-corrected chi connectivity index (χ3v) is 4.06. The normalized spacial score (nSPS) is 16.8. The first-order valence-corrected chi connectivity index (χ1v) is 8.48. The van der Waals surface area contributed by atoms with E-state index in [0.717, 1.165) is 37.3 Å². The van der Waals surface area contributed by atoms with E-state index >= 15 is 0 Å². The maximum Gasteiger partial charge on any atom is 0.224 e. The van der Waals surface area contributed by atoms with Gasteiger partial charge in [0.1, 0.15) is 12.4 Å². The van der Waals surface area contributed by atoms with Crippen LogP contribution in [-0.4, -0.2) is 25.2 Å². The zero-order valence-corrected chi connectivity index (χ0v) is 13.7. The van der Waals surface area contributed by atoms with E-state index in [1.807, 2.05) is 54.6 Å². The van der Waals surface area contributed by atoms with Gasteiger partial charge in [0.25, 0.3) is 0 Å². The van der Waals surface area contributed by atoms with Crippen molar-refractivity contribution in [3.8, 4) is 5.75 Å². The van der Waals surface area contributed by atoms with Gasteiger partial charge in [-0.2, -0.15) is 0 Å². The molecule has 2 aromatic rings. The van der Waals surface area contributed by atoms with Gasteiger partial charge in [-0.05, 0) is 37.0 Å². The Balaban J connectivity index is 1.47. The SMILES string of the molecule is O=C(CCc1ccccc1)Nc1cccc(OCC2CCCO2)c1. The van der Waals surface area contributed by atoms with Gasteiger partial charge >= 0.3 is 0 Å². The molecule has 1 atom stereocenters. The number of rotatable bonds is 7. The van der Waals surface area contributed by atoms with E-state index in [0.29, 0.717) is 13.0 Å². The minimum absolute atomic E-state index is 0.00938. The fraction of sp³-hybridized carbons (Fsp3) is 0.350. The first-order chi connectivity index (χ1) is 11.8. The average molecular weight is 325 g/mol. The molecule has 4 heteroatoms. The monoisotopic (exact) mass is 325 g/mol. The number of anilines is 1. The molecule has 2 aromatic carbocycles. The highest BCUT2D eigenvalue weighted by Crippen LogP contribution is 2.20. The average Bonchev–Trinajstić information content (AvgIpc) is 3.13. The number of carbonyl (C=O) groups excluding carboxylic acids is 1. The number of ether oxygens (including phenoxy) is 2. The Hall–Kier alpha value is -2.33. The van der Waals surface area contributed by atoms with Crippen molar-refractivity contribution in [3.05, 3.63) is 60.2 Å². The fourth-order valence-corrected chi connectivity index (χ4v) is 2.75. The molecule has 1 heterocycles. The van der Waals surface area contributed by atoms with Crippen LogP contribution in [0.4, 0.5) is 5.69 Å². The Labute approximate surface area is 142 Å². The van der Waals surface area contributed by atoms with Gasteiger partial charge in [-0.3, -0.25) is 4.79 Å². The van der Waals surface area contributed by atoms with Crippen molar-refractivity contribution in [2.24, 2.45) is 0 Å². The predicted octanol–water partition coefficient (Wildman–Crippen LogP) is 3.82. The summed E-state index contributed by atoms with van der Waals surface area (Å²) < 4.78 is 11.3. The Morgan fingerprint density at radius 3 is 2.83 bits per heavy atom. The van der Waals surface area contributed by atoms with Gasteiger partial charge in [0, 0.05) is 24.8 Å². The van der Waals surface area contributed by atoms with Crippen molar-refractivity contribution in [3.63, 3.8) is 0 Å². The zero-order valence-electron chi connectivity index (χ0n) is 13.7. The van der Waals surface area contributed by atoms with E-state index in [9.17, 15) is 4.79 Å². The molecule has 1 saturated heterocycles. The van der Waals surface area contributed by atoms with E-state index in [1.165, 1.54) is 5.56 Å². The third-order valence-electron chi connectivity index (χ3n) is 4.06. The predicted molar refractivity (Wildman–Crippen MR) is 94.3 cm³/mol. The Morgan fingerprint density at radius 2 is 2.04 bits per heavy atom. The summed E-state index contributed by atoms with van der Waals surface area (Å²) in [7, 11) is 0. The summed E-state index contributed by atoms with van der Waals surface area (Å²) in [6.07, 6.45) is 3.54. The summed E-state index contributed by atoms with van der Waals surface area (Å²) in [6, 6.07) is 17.5. The minimum atomic E-state index is 0.00938. The van der Waals surface area contributed by atoms with Crippen LogP contribution in [0, 0.1) is 0 Å². The number of aryl methyl sites for hydroxylation is 1. The molecule has 1 aliphatic heterocycles. The lowest BCUT2D eigenvalue weighted by atomic mass is 10.1. The van der Waals surface area contributed by atoms with Crippen LogP contribution in [0.3, 0.4) is 0 Å². The van der Waals surface area contributed by atoms with E-state index in [4.69, 9.17) is 9.47 Å². The van der Waals surface area contributed by atoms with Crippen LogP contribution < -0.4 is 10.1 Å². The molecule has 1 fully saturated rings. The molecule has 1 N–H and O–H groups in total. The van der Waals surface area contributed by atoms with Gasteiger partial charge in [-0.15, -0.1) is 0 Å². The lowest BCUT2D eigenvalue weighted by Crippen LogP contribution is -2.16. The fourth-order valence-electron chi connectivity index (χ4n) is 2.75. The van der Waals surface area contributed by atoms with Crippen molar-refractivity contribution in [2.75, 3.05) is 18.5 Å². The smallest absolute Gasteiger partial charge is 0.224 e.